The fraction of sp³-hybridized carbons (Fsp3) is 0.200. The van der Waals surface area contributed by atoms with Crippen molar-refractivity contribution in [1.82, 2.24) is 0 Å². The van der Waals surface area contributed by atoms with E-state index in [1.807, 2.05) is 6.07 Å². The van der Waals surface area contributed by atoms with Gasteiger partial charge in [0.25, 0.3) is 0 Å². The highest BCUT2D eigenvalue weighted by Gasteiger charge is 2.23. The first-order valence-electron chi connectivity index (χ1n) is 6.19. The smallest absolute Gasteiger partial charge is 0.342 e. The topological polar surface area (TPSA) is 52.6 Å². The monoisotopic (exact) mass is 370 g/mol. The van der Waals surface area contributed by atoms with Crippen molar-refractivity contribution in [3.63, 3.8) is 0 Å². The number of benzene rings is 2. The van der Waals surface area contributed by atoms with E-state index in [-0.39, 0.29) is 10.6 Å². The minimum absolute atomic E-state index is 0.0120. The van der Waals surface area contributed by atoms with E-state index in [0.29, 0.717) is 10.2 Å². The maximum atomic E-state index is 12.5. The number of hydrogen-bond donors (Lipinski definition) is 0. The first-order chi connectivity index (χ1) is 9.85. The Kier molecular flexibility index (Phi) is 4.58. The third kappa shape index (κ3) is 3.39. The number of para-hydroxylation sites is 1. The molecule has 0 atom stereocenters. The molecule has 0 radical (unpaired) electrons. The van der Waals surface area contributed by atoms with Crippen LogP contribution in [-0.4, -0.2) is 15.5 Å². The fourth-order valence-corrected chi connectivity index (χ4v) is 3.68. The summed E-state index contributed by atoms with van der Waals surface area (Å²) < 4.78 is 36.1. The maximum Gasteiger partial charge on any atom is 0.342 e. The van der Waals surface area contributed by atoms with E-state index in [2.05, 4.69) is 15.9 Å². The average molecular weight is 371 g/mol. The summed E-state index contributed by atoms with van der Waals surface area (Å²) in [7, 11) is -2.56. The summed E-state index contributed by atoms with van der Waals surface area (Å²) in [5.74, 6) is 0.587. The van der Waals surface area contributed by atoms with Crippen LogP contribution in [0.15, 0.2) is 45.8 Å². The Morgan fingerprint density at radius 3 is 2.24 bits per heavy atom. The van der Waals surface area contributed by atoms with Gasteiger partial charge in [-0.3, -0.25) is 0 Å². The third-order valence-electron chi connectivity index (χ3n) is 3.00. The molecule has 0 aliphatic carbocycles. The minimum atomic E-state index is -3.98. The Labute approximate surface area is 133 Å². The van der Waals surface area contributed by atoms with E-state index >= 15 is 0 Å². The Balaban J connectivity index is 2.51. The summed E-state index contributed by atoms with van der Waals surface area (Å²) >= 11 is 3.26. The molecule has 0 heterocycles. The quantitative estimate of drug-likeness (QED) is 0.767. The lowest BCUT2D eigenvalue weighted by Crippen LogP contribution is -2.12. The van der Waals surface area contributed by atoms with Crippen molar-refractivity contribution in [2.45, 2.75) is 18.7 Å². The second-order valence-corrected chi connectivity index (χ2v) is 6.98. The summed E-state index contributed by atoms with van der Waals surface area (Å²) in [6, 6.07) is 10.2. The van der Waals surface area contributed by atoms with Crippen LogP contribution in [-0.2, 0) is 10.1 Å². The first kappa shape index (κ1) is 15.9. The maximum absolute atomic E-state index is 12.5. The molecule has 0 N–H and O–H groups in total. The third-order valence-corrected chi connectivity index (χ3v) is 4.73. The second-order valence-electron chi connectivity index (χ2n) is 4.55. The van der Waals surface area contributed by atoms with Gasteiger partial charge < -0.3 is 8.92 Å². The lowest BCUT2D eigenvalue weighted by Gasteiger charge is -2.14. The molecule has 0 aliphatic rings. The highest BCUT2D eigenvalue weighted by Crippen LogP contribution is 2.32. The molecular weight excluding hydrogens is 356 g/mol. The SMILES string of the molecule is COc1ccc(Br)cc1S(=O)(=O)Oc1c(C)cccc1C. The number of halogens is 1. The molecule has 6 heteroatoms. The number of ether oxygens (including phenoxy) is 1. The van der Waals surface area contributed by atoms with E-state index in [1.165, 1.54) is 13.2 Å². The van der Waals surface area contributed by atoms with Crippen LogP contribution in [0.25, 0.3) is 0 Å². The average Bonchev–Trinajstić information content (AvgIpc) is 2.43. The van der Waals surface area contributed by atoms with Crippen molar-refractivity contribution in [3.05, 3.63) is 52.0 Å². The molecule has 0 fully saturated rings. The van der Waals surface area contributed by atoms with Gasteiger partial charge in [-0.05, 0) is 43.2 Å². The van der Waals surface area contributed by atoms with Gasteiger partial charge in [-0.2, -0.15) is 8.42 Å². The van der Waals surface area contributed by atoms with Crippen LogP contribution >= 0.6 is 15.9 Å². The van der Waals surface area contributed by atoms with Gasteiger partial charge in [0.15, 0.2) is 0 Å². The summed E-state index contributed by atoms with van der Waals surface area (Å²) in [5.41, 5.74) is 1.51. The Hall–Kier alpha value is -1.53. The molecule has 21 heavy (non-hydrogen) atoms. The van der Waals surface area contributed by atoms with Gasteiger partial charge in [0.1, 0.15) is 16.4 Å². The first-order valence-corrected chi connectivity index (χ1v) is 8.39. The van der Waals surface area contributed by atoms with Crippen molar-refractivity contribution < 1.29 is 17.3 Å². The van der Waals surface area contributed by atoms with Gasteiger partial charge in [0.2, 0.25) is 0 Å². The van der Waals surface area contributed by atoms with Gasteiger partial charge in [0, 0.05) is 4.47 Å². The van der Waals surface area contributed by atoms with E-state index in [1.54, 1.807) is 38.1 Å². The number of methoxy groups -OCH3 is 1. The molecule has 0 aromatic heterocycles. The van der Waals surface area contributed by atoms with Crippen LogP contribution in [0.4, 0.5) is 0 Å². The predicted molar refractivity (Wildman–Crippen MR) is 84.4 cm³/mol. The molecule has 0 saturated carbocycles. The molecule has 2 aromatic carbocycles. The highest BCUT2D eigenvalue weighted by atomic mass is 79.9. The second kappa shape index (κ2) is 6.07. The van der Waals surface area contributed by atoms with Crippen molar-refractivity contribution >= 4 is 26.0 Å². The van der Waals surface area contributed by atoms with Crippen LogP contribution in [0.3, 0.4) is 0 Å². The van der Waals surface area contributed by atoms with Crippen LogP contribution in [0.2, 0.25) is 0 Å². The molecule has 0 aliphatic heterocycles. The van der Waals surface area contributed by atoms with Crippen molar-refractivity contribution in [2.75, 3.05) is 7.11 Å². The van der Waals surface area contributed by atoms with E-state index in [0.717, 1.165) is 11.1 Å². The Morgan fingerprint density at radius 1 is 1.05 bits per heavy atom. The minimum Gasteiger partial charge on any atom is -0.495 e. The highest BCUT2D eigenvalue weighted by molar-refractivity contribution is 9.10. The summed E-state index contributed by atoms with van der Waals surface area (Å²) in [6.07, 6.45) is 0. The van der Waals surface area contributed by atoms with E-state index < -0.39 is 10.1 Å². The lowest BCUT2D eigenvalue weighted by atomic mass is 10.1. The summed E-state index contributed by atoms with van der Waals surface area (Å²) in [4.78, 5) is -0.0120. The number of rotatable bonds is 4. The largest absolute Gasteiger partial charge is 0.495 e. The molecule has 112 valence electrons. The molecule has 0 unspecified atom stereocenters. The zero-order chi connectivity index (χ0) is 15.6. The van der Waals surface area contributed by atoms with Crippen LogP contribution in [0.1, 0.15) is 11.1 Å². The molecule has 0 bridgehead atoms. The van der Waals surface area contributed by atoms with Gasteiger partial charge in [-0.1, -0.05) is 34.1 Å². The van der Waals surface area contributed by atoms with E-state index in [9.17, 15) is 8.42 Å². The van der Waals surface area contributed by atoms with Crippen LogP contribution in [0.5, 0.6) is 11.5 Å². The molecule has 4 nitrogen and oxygen atoms in total. The molecule has 0 saturated heterocycles. The van der Waals surface area contributed by atoms with Gasteiger partial charge in [0.05, 0.1) is 7.11 Å². The molecule has 0 spiro atoms. The summed E-state index contributed by atoms with van der Waals surface area (Å²) in [5, 5.41) is 0. The van der Waals surface area contributed by atoms with Gasteiger partial charge in [-0.15, -0.1) is 0 Å². The van der Waals surface area contributed by atoms with Crippen molar-refractivity contribution in [3.8, 4) is 11.5 Å². The Bertz CT molecular complexity index is 749. The zero-order valence-corrected chi connectivity index (χ0v) is 14.3. The van der Waals surface area contributed by atoms with Crippen LogP contribution < -0.4 is 8.92 Å². The van der Waals surface area contributed by atoms with Crippen LogP contribution in [0, 0.1) is 13.8 Å². The standard InChI is InChI=1S/C15H15BrO4S/c1-10-5-4-6-11(2)15(10)20-21(17,18)14-9-12(16)7-8-13(14)19-3/h4-9H,1-3H3. The number of aryl methyl sites for hydroxylation is 2. The van der Waals surface area contributed by atoms with Gasteiger partial charge >= 0.3 is 10.1 Å². The molecular formula is C15H15BrO4S. The number of hydrogen-bond acceptors (Lipinski definition) is 4. The Morgan fingerprint density at radius 2 is 1.67 bits per heavy atom. The molecule has 2 aromatic rings. The molecule has 2 rings (SSSR count). The predicted octanol–water partition coefficient (Wildman–Crippen LogP) is 3.84. The van der Waals surface area contributed by atoms with E-state index in [4.69, 9.17) is 8.92 Å². The fourth-order valence-electron chi connectivity index (χ4n) is 1.93. The molecule has 0 amide bonds. The van der Waals surface area contributed by atoms with Crippen molar-refractivity contribution in [1.29, 1.82) is 0 Å². The normalized spacial score (nSPS) is 11.2. The lowest BCUT2D eigenvalue weighted by molar-refractivity contribution is 0.397. The zero-order valence-electron chi connectivity index (χ0n) is 11.9. The van der Waals surface area contributed by atoms with Crippen molar-refractivity contribution in [2.24, 2.45) is 0 Å². The van der Waals surface area contributed by atoms with Gasteiger partial charge in [-0.25, -0.2) is 0 Å². The summed E-state index contributed by atoms with van der Waals surface area (Å²) in [6.45, 7) is 3.60.